The molecule has 110 valence electrons. The Morgan fingerprint density at radius 1 is 1.14 bits per heavy atom. The van der Waals surface area contributed by atoms with Crippen LogP contribution in [0.15, 0.2) is 36.4 Å². The number of amides is 1. The molecule has 0 unspecified atom stereocenters. The van der Waals surface area contributed by atoms with Crippen LogP contribution in [-0.4, -0.2) is 20.1 Å². The summed E-state index contributed by atoms with van der Waals surface area (Å²) in [6.45, 7) is 0. The maximum Gasteiger partial charge on any atom is 0.257 e. The molecular weight excluding hydrogens is 275 g/mol. The summed E-state index contributed by atoms with van der Waals surface area (Å²) >= 11 is 0. The molecule has 0 atom stereocenters. The third kappa shape index (κ3) is 3.22. The van der Waals surface area contributed by atoms with Crippen LogP contribution in [0.4, 0.5) is 15.8 Å². The summed E-state index contributed by atoms with van der Waals surface area (Å²) in [7, 11) is 2.88. The molecule has 0 bridgehead atoms. The number of hydrogen-bond acceptors (Lipinski definition) is 4. The molecule has 3 N–H and O–H groups in total. The van der Waals surface area contributed by atoms with Crippen molar-refractivity contribution in [3.63, 3.8) is 0 Å². The van der Waals surface area contributed by atoms with Crippen molar-refractivity contribution in [1.29, 1.82) is 0 Å². The van der Waals surface area contributed by atoms with Crippen LogP contribution >= 0.6 is 0 Å². The molecular formula is C15H15FN2O3. The average molecular weight is 290 g/mol. The van der Waals surface area contributed by atoms with Gasteiger partial charge in [0, 0.05) is 23.5 Å². The first-order valence-corrected chi connectivity index (χ1v) is 6.13. The molecule has 0 aromatic heterocycles. The largest absolute Gasteiger partial charge is 0.497 e. The number of rotatable bonds is 4. The minimum Gasteiger partial charge on any atom is -0.497 e. The second kappa shape index (κ2) is 6.13. The van der Waals surface area contributed by atoms with E-state index < -0.39 is 11.7 Å². The number of anilines is 2. The third-order valence-corrected chi connectivity index (χ3v) is 2.91. The van der Waals surface area contributed by atoms with Gasteiger partial charge in [-0.3, -0.25) is 4.79 Å². The van der Waals surface area contributed by atoms with Crippen molar-refractivity contribution in [3.8, 4) is 11.5 Å². The van der Waals surface area contributed by atoms with Crippen LogP contribution < -0.4 is 20.5 Å². The molecule has 6 heteroatoms. The van der Waals surface area contributed by atoms with Gasteiger partial charge in [0.05, 0.1) is 19.8 Å². The molecule has 2 aromatic rings. The van der Waals surface area contributed by atoms with Gasteiger partial charge in [0.1, 0.15) is 5.75 Å². The Hall–Kier alpha value is -2.76. The zero-order valence-electron chi connectivity index (χ0n) is 11.6. The lowest BCUT2D eigenvalue weighted by atomic mass is 10.1. The molecule has 0 heterocycles. The molecule has 0 spiro atoms. The van der Waals surface area contributed by atoms with E-state index >= 15 is 0 Å². The van der Waals surface area contributed by atoms with Gasteiger partial charge < -0.3 is 20.5 Å². The first kappa shape index (κ1) is 14.6. The fraction of sp³-hybridized carbons (Fsp3) is 0.133. The van der Waals surface area contributed by atoms with Crippen LogP contribution in [0.1, 0.15) is 10.4 Å². The second-order valence-corrected chi connectivity index (χ2v) is 4.26. The Bertz CT molecular complexity index is 674. The van der Waals surface area contributed by atoms with Crippen LogP contribution in [0.5, 0.6) is 11.5 Å². The lowest BCUT2D eigenvalue weighted by Gasteiger charge is -2.10. The summed E-state index contributed by atoms with van der Waals surface area (Å²) in [5.74, 6) is -0.325. The zero-order chi connectivity index (χ0) is 15.4. The molecule has 0 saturated heterocycles. The summed E-state index contributed by atoms with van der Waals surface area (Å²) in [4.78, 5) is 12.1. The molecule has 1 amide bonds. The number of methoxy groups -OCH3 is 2. The Morgan fingerprint density at radius 2 is 1.90 bits per heavy atom. The van der Waals surface area contributed by atoms with E-state index in [2.05, 4.69) is 5.32 Å². The van der Waals surface area contributed by atoms with Crippen LogP contribution in [0.3, 0.4) is 0 Å². The lowest BCUT2D eigenvalue weighted by Crippen LogP contribution is -2.14. The number of hydrogen-bond donors (Lipinski definition) is 2. The fourth-order valence-electron chi connectivity index (χ4n) is 1.82. The molecule has 2 aromatic carbocycles. The Kier molecular flexibility index (Phi) is 4.27. The van der Waals surface area contributed by atoms with E-state index in [0.29, 0.717) is 11.4 Å². The highest BCUT2D eigenvalue weighted by atomic mass is 19.1. The van der Waals surface area contributed by atoms with E-state index in [-0.39, 0.29) is 17.0 Å². The molecule has 21 heavy (non-hydrogen) atoms. The molecule has 0 aliphatic carbocycles. The third-order valence-electron chi connectivity index (χ3n) is 2.91. The monoisotopic (exact) mass is 290 g/mol. The van der Waals surface area contributed by atoms with Crippen molar-refractivity contribution in [1.82, 2.24) is 0 Å². The summed E-state index contributed by atoms with van der Waals surface area (Å²) < 4.78 is 23.4. The topological polar surface area (TPSA) is 73.6 Å². The predicted octanol–water partition coefficient (Wildman–Crippen LogP) is 2.68. The number of carbonyl (C=O) groups is 1. The first-order chi connectivity index (χ1) is 10.0. The van der Waals surface area contributed by atoms with Crippen molar-refractivity contribution in [2.45, 2.75) is 0 Å². The summed E-state index contributed by atoms with van der Waals surface area (Å²) in [6, 6.07) is 8.87. The number of carbonyl (C=O) groups excluding carboxylic acids is 1. The quantitative estimate of drug-likeness (QED) is 0.849. The van der Waals surface area contributed by atoms with Crippen LogP contribution in [-0.2, 0) is 0 Å². The van der Waals surface area contributed by atoms with Crippen LogP contribution in [0.25, 0.3) is 0 Å². The lowest BCUT2D eigenvalue weighted by molar-refractivity contribution is 0.102. The molecule has 0 radical (unpaired) electrons. The standard InChI is InChI=1S/C15H15FN2O3/c1-20-10-4-5-11(13(17)8-10)15(19)18-9-3-6-14(21-2)12(16)7-9/h3-8H,17H2,1-2H3,(H,18,19). The van der Waals surface area contributed by atoms with Crippen molar-refractivity contribution in [3.05, 3.63) is 47.8 Å². The molecule has 0 fully saturated rings. The Balaban J connectivity index is 2.20. The van der Waals surface area contributed by atoms with Crippen LogP contribution in [0, 0.1) is 5.82 Å². The van der Waals surface area contributed by atoms with E-state index in [1.165, 1.54) is 26.4 Å². The van der Waals surface area contributed by atoms with Gasteiger partial charge in [-0.05, 0) is 24.3 Å². The van der Waals surface area contributed by atoms with Crippen molar-refractivity contribution < 1.29 is 18.7 Å². The maximum atomic E-state index is 13.6. The molecule has 0 saturated carbocycles. The fourth-order valence-corrected chi connectivity index (χ4v) is 1.82. The van der Waals surface area contributed by atoms with E-state index in [1.54, 1.807) is 24.3 Å². The highest BCUT2D eigenvalue weighted by Gasteiger charge is 2.12. The van der Waals surface area contributed by atoms with Gasteiger partial charge >= 0.3 is 0 Å². The van der Waals surface area contributed by atoms with E-state index in [4.69, 9.17) is 15.2 Å². The van der Waals surface area contributed by atoms with Crippen molar-refractivity contribution in [2.75, 3.05) is 25.3 Å². The van der Waals surface area contributed by atoms with Gasteiger partial charge in [0.15, 0.2) is 11.6 Å². The van der Waals surface area contributed by atoms with Gasteiger partial charge in [-0.1, -0.05) is 0 Å². The van der Waals surface area contributed by atoms with E-state index in [9.17, 15) is 9.18 Å². The number of ether oxygens (including phenoxy) is 2. The molecule has 5 nitrogen and oxygen atoms in total. The molecule has 0 aliphatic heterocycles. The van der Waals surface area contributed by atoms with Crippen molar-refractivity contribution in [2.24, 2.45) is 0 Å². The summed E-state index contributed by atoms with van der Waals surface area (Å²) in [5.41, 5.74) is 6.67. The average Bonchev–Trinajstić information content (AvgIpc) is 2.47. The minimum absolute atomic E-state index is 0.108. The normalized spacial score (nSPS) is 10.0. The highest BCUT2D eigenvalue weighted by Crippen LogP contribution is 2.23. The smallest absolute Gasteiger partial charge is 0.257 e. The number of nitrogens with one attached hydrogen (secondary N) is 1. The zero-order valence-corrected chi connectivity index (χ0v) is 11.6. The summed E-state index contributed by atoms with van der Waals surface area (Å²) in [6.07, 6.45) is 0. The molecule has 2 rings (SSSR count). The van der Waals surface area contributed by atoms with E-state index in [1.807, 2.05) is 0 Å². The SMILES string of the molecule is COc1ccc(C(=O)Nc2ccc(OC)c(F)c2)c(N)c1. The number of nitrogen functional groups attached to an aromatic ring is 1. The number of benzene rings is 2. The minimum atomic E-state index is -0.557. The summed E-state index contributed by atoms with van der Waals surface area (Å²) in [5, 5.41) is 2.57. The number of nitrogens with two attached hydrogens (primary N) is 1. The first-order valence-electron chi connectivity index (χ1n) is 6.13. The second-order valence-electron chi connectivity index (χ2n) is 4.26. The van der Waals surface area contributed by atoms with Gasteiger partial charge in [-0.2, -0.15) is 0 Å². The predicted molar refractivity (Wildman–Crippen MR) is 78.3 cm³/mol. The highest BCUT2D eigenvalue weighted by molar-refractivity contribution is 6.07. The Labute approximate surface area is 121 Å². The van der Waals surface area contributed by atoms with Gasteiger partial charge in [-0.25, -0.2) is 4.39 Å². The van der Waals surface area contributed by atoms with E-state index in [0.717, 1.165) is 0 Å². The van der Waals surface area contributed by atoms with Gasteiger partial charge in [0.2, 0.25) is 0 Å². The van der Waals surface area contributed by atoms with Crippen molar-refractivity contribution >= 4 is 17.3 Å². The van der Waals surface area contributed by atoms with Crippen LogP contribution in [0.2, 0.25) is 0 Å². The maximum absolute atomic E-state index is 13.6. The Morgan fingerprint density at radius 3 is 2.48 bits per heavy atom. The number of halogens is 1. The van der Waals surface area contributed by atoms with Gasteiger partial charge in [-0.15, -0.1) is 0 Å². The molecule has 0 aliphatic rings. The van der Waals surface area contributed by atoms with Gasteiger partial charge in [0.25, 0.3) is 5.91 Å².